The Morgan fingerprint density at radius 3 is 2.72 bits per heavy atom. The molecule has 0 saturated heterocycles. The maximum Gasteiger partial charge on any atom is 0.251 e. The summed E-state index contributed by atoms with van der Waals surface area (Å²) in [6.07, 6.45) is -0.0471. The molecule has 6 nitrogen and oxygen atoms in total. The maximum absolute atomic E-state index is 13.0. The van der Waals surface area contributed by atoms with Crippen LogP contribution in [0, 0.1) is 5.82 Å². The maximum atomic E-state index is 13.0. The molecule has 0 unspecified atom stereocenters. The second-order valence-corrected chi connectivity index (χ2v) is 7.08. The molecule has 0 aliphatic rings. The lowest BCUT2D eigenvalue weighted by molar-refractivity contribution is -0.115. The zero-order valence-electron chi connectivity index (χ0n) is 15.8. The van der Waals surface area contributed by atoms with Crippen molar-refractivity contribution in [3.05, 3.63) is 82.0 Å². The minimum atomic E-state index is -0.334. The van der Waals surface area contributed by atoms with Crippen LogP contribution in [0.4, 0.5) is 10.1 Å². The van der Waals surface area contributed by atoms with Gasteiger partial charge in [0.2, 0.25) is 5.91 Å². The van der Waals surface area contributed by atoms with Gasteiger partial charge in [0, 0.05) is 11.8 Å². The molecule has 150 valence electrons. The van der Waals surface area contributed by atoms with Gasteiger partial charge in [-0.1, -0.05) is 36.0 Å². The number of anilines is 1. The van der Waals surface area contributed by atoms with Gasteiger partial charge in [0.1, 0.15) is 11.6 Å². The summed E-state index contributed by atoms with van der Waals surface area (Å²) in [5.74, 6) is 0.493. The van der Waals surface area contributed by atoms with E-state index in [1.54, 1.807) is 30.3 Å². The summed E-state index contributed by atoms with van der Waals surface area (Å²) >= 11 is 1.31. The topological polar surface area (TPSA) is 84.1 Å². The van der Waals surface area contributed by atoms with Crippen molar-refractivity contribution < 1.29 is 13.9 Å². The van der Waals surface area contributed by atoms with Crippen LogP contribution < -0.4 is 15.6 Å². The fraction of sp³-hybridized carbons (Fsp3) is 0.190. The second-order valence-electron chi connectivity index (χ2n) is 6.11. The largest absolute Gasteiger partial charge is 0.492 e. The monoisotopic (exact) mass is 413 g/mol. The Morgan fingerprint density at radius 2 is 1.97 bits per heavy atom. The van der Waals surface area contributed by atoms with Gasteiger partial charge in [-0.2, -0.15) is 0 Å². The first-order valence-corrected chi connectivity index (χ1v) is 10.0. The number of halogens is 1. The molecule has 1 heterocycles. The van der Waals surface area contributed by atoms with Gasteiger partial charge in [-0.15, -0.1) is 0 Å². The molecular weight excluding hydrogens is 393 g/mol. The van der Waals surface area contributed by atoms with Gasteiger partial charge in [-0.05, 0) is 36.8 Å². The third-order valence-corrected chi connectivity index (χ3v) is 4.81. The van der Waals surface area contributed by atoms with Crippen molar-refractivity contribution in [3.63, 3.8) is 0 Å². The minimum Gasteiger partial charge on any atom is -0.492 e. The lowest BCUT2D eigenvalue weighted by Gasteiger charge is -2.11. The Hall–Kier alpha value is -3.13. The molecule has 2 aromatic carbocycles. The fourth-order valence-electron chi connectivity index (χ4n) is 2.58. The van der Waals surface area contributed by atoms with Crippen molar-refractivity contribution in [3.8, 4) is 5.75 Å². The van der Waals surface area contributed by atoms with E-state index in [0.29, 0.717) is 34.6 Å². The fourth-order valence-corrected chi connectivity index (χ4v) is 3.44. The van der Waals surface area contributed by atoms with Crippen molar-refractivity contribution >= 4 is 23.4 Å². The molecule has 0 saturated carbocycles. The first-order chi connectivity index (χ1) is 14.0. The van der Waals surface area contributed by atoms with Crippen molar-refractivity contribution in [2.24, 2.45) is 0 Å². The van der Waals surface area contributed by atoms with Crippen LogP contribution in [0.1, 0.15) is 18.2 Å². The molecule has 1 amide bonds. The van der Waals surface area contributed by atoms with Crippen LogP contribution in [0.15, 0.2) is 64.5 Å². The highest BCUT2D eigenvalue weighted by atomic mass is 32.2. The standard InChI is InChI=1S/C21H20FN3O3S/c1-2-28-18-6-4-3-5-17(18)24-19(26)11-16-12-20(27)25-21(23-16)29-13-14-7-9-15(22)10-8-14/h3-10,12H,2,11,13H2,1H3,(H,24,26)(H,23,25,27). The average molecular weight is 413 g/mol. The van der Waals surface area contributed by atoms with Crippen LogP contribution in [0.25, 0.3) is 0 Å². The Labute approximate surface area is 171 Å². The number of para-hydroxylation sites is 2. The van der Waals surface area contributed by atoms with Crippen molar-refractivity contribution in [1.29, 1.82) is 0 Å². The number of carbonyl (C=O) groups excluding carboxylic acids is 1. The van der Waals surface area contributed by atoms with E-state index in [1.807, 2.05) is 13.0 Å². The Kier molecular flexibility index (Phi) is 7.02. The highest BCUT2D eigenvalue weighted by Crippen LogP contribution is 2.24. The first kappa shape index (κ1) is 20.6. The van der Waals surface area contributed by atoms with E-state index < -0.39 is 0 Å². The molecule has 3 aromatic rings. The zero-order valence-corrected chi connectivity index (χ0v) is 16.6. The number of aromatic amines is 1. The van der Waals surface area contributed by atoms with Gasteiger partial charge in [0.25, 0.3) is 5.56 Å². The highest BCUT2D eigenvalue weighted by Gasteiger charge is 2.11. The number of H-pyrrole nitrogens is 1. The molecule has 0 spiro atoms. The number of benzene rings is 2. The smallest absolute Gasteiger partial charge is 0.251 e. The molecule has 2 N–H and O–H groups in total. The molecule has 0 radical (unpaired) electrons. The summed E-state index contributed by atoms with van der Waals surface area (Å²) < 4.78 is 18.5. The van der Waals surface area contributed by atoms with Crippen LogP contribution in [0.2, 0.25) is 0 Å². The van der Waals surface area contributed by atoms with E-state index in [0.717, 1.165) is 5.56 Å². The SMILES string of the molecule is CCOc1ccccc1NC(=O)Cc1cc(=O)[nH]c(SCc2ccc(F)cc2)n1. The molecule has 0 fully saturated rings. The molecule has 0 aliphatic carbocycles. The number of carbonyl (C=O) groups is 1. The highest BCUT2D eigenvalue weighted by molar-refractivity contribution is 7.98. The molecule has 3 rings (SSSR count). The summed E-state index contributed by atoms with van der Waals surface area (Å²) in [7, 11) is 0. The summed E-state index contributed by atoms with van der Waals surface area (Å²) in [5.41, 5.74) is 1.49. The van der Waals surface area contributed by atoms with Crippen LogP contribution in [-0.4, -0.2) is 22.5 Å². The number of hydrogen-bond acceptors (Lipinski definition) is 5. The van der Waals surface area contributed by atoms with Crippen LogP contribution in [-0.2, 0) is 17.0 Å². The van der Waals surface area contributed by atoms with Gasteiger partial charge < -0.3 is 15.0 Å². The van der Waals surface area contributed by atoms with Crippen LogP contribution in [0.3, 0.4) is 0 Å². The Bertz CT molecular complexity index is 1040. The first-order valence-electron chi connectivity index (χ1n) is 9.02. The van der Waals surface area contributed by atoms with Crippen molar-refractivity contribution in [2.75, 3.05) is 11.9 Å². The number of amides is 1. The Morgan fingerprint density at radius 1 is 1.21 bits per heavy atom. The molecule has 8 heteroatoms. The van der Waals surface area contributed by atoms with Crippen molar-refractivity contribution in [2.45, 2.75) is 24.3 Å². The predicted molar refractivity (Wildman–Crippen MR) is 111 cm³/mol. The molecule has 0 aliphatic heterocycles. The zero-order chi connectivity index (χ0) is 20.6. The number of rotatable bonds is 8. The number of thioether (sulfide) groups is 1. The number of aromatic nitrogens is 2. The average Bonchev–Trinajstić information content (AvgIpc) is 2.69. The Balaban J connectivity index is 1.65. The van der Waals surface area contributed by atoms with Crippen LogP contribution in [0.5, 0.6) is 5.75 Å². The van der Waals surface area contributed by atoms with Crippen molar-refractivity contribution in [1.82, 2.24) is 9.97 Å². The molecule has 1 aromatic heterocycles. The normalized spacial score (nSPS) is 10.6. The van der Waals surface area contributed by atoms with Gasteiger partial charge in [-0.25, -0.2) is 9.37 Å². The summed E-state index contributed by atoms with van der Waals surface area (Å²) in [4.78, 5) is 31.3. The molecule has 29 heavy (non-hydrogen) atoms. The van der Waals surface area contributed by atoms with Gasteiger partial charge in [0.15, 0.2) is 5.16 Å². The van der Waals surface area contributed by atoms with E-state index in [4.69, 9.17) is 4.74 Å². The molecular formula is C21H20FN3O3S. The van der Waals surface area contributed by atoms with Gasteiger partial charge in [0.05, 0.1) is 24.4 Å². The third-order valence-electron chi connectivity index (χ3n) is 3.86. The minimum absolute atomic E-state index is 0.0471. The van der Waals surface area contributed by atoms with E-state index >= 15 is 0 Å². The number of nitrogens with zero attached hydrogens (tertiary/aromatic N) is 1. The summed E-state index contributed by atoms with van der Waals surface area (Å²) in [6.45, 7) is 2.35. The van der Waals surface area contributed by atoms with E-state index in [2.05, 4.69) is 15.3 Å². The number of hydrogen-bond donors (Lipinski definition) is 2. The third kappa shape index (κ3) is 6.18. The lowest BCUT2D eigenvalue weighted by atomic mass is 10.2. The van der Waals surface area contributed by atoms with Gasteiger partial charge >= 0.3 is 0 Å². The molecule has 0 bridgehead atoms. The number of nitrogens with one attached hydrogen (secondary N) is 2. The van der Waals surface area contributed by atoms with E-state index in [9.17, 15) is 14.0 Å². The summed E-state index contributed by atoms with van der Waals surface area (Å²) in [5, 5.41) is 3.19. The summed E-state index contributed by atoms with van der Waals surface area (Å²) in [6, 6.07) is 14.6. The molecule has 0 atom stereocenters. The number of ether oxygens (including phenoxy) is 1. The predicted octanol–water partition coefficient (Wildman–Crippen LogP) is 3.78. The van der Waals surface area contributed by atoms with E-state index in [-0.39, 0.29) is 23.7 Å². The second kappa shape index (κ2) is 9.88. The van der Waals surface area contributed by atoms with Crippen LogP contribution >= 0.6 is 11.8 Å². The van der Waals surface area contributed by atoms with Gasteiger partial charge in [-0.3, -0.25) is 9.59 Å². The quantitative estimate of drug-likeness (QED) is 0.434. The lowest BCUT2D eigenvalue weighted by Crippen LogP contribution is -2.18. The van der Waals surface area contributed by atoms with E-state index in [1.165, 1.54) is 30.0 Å².